The number of carbonyl (C=O) groups is 1. The normalized spacial score (nSPS) is 11.5. The third kappa shape index (κ3) is 4.30. The van der Waals surface area contributed by atoms with Gasteiger partial charge in [-0.3, -0.25) is 14.2 Å². The molecule has 148 valence electrons. The molecule has 0 spiro atoms. The van der Waals surface area contributed by atoms with Gasteiger partial charge in [0.1, 0.15) is 18.3 Å². The van der Waals surface area contributed by atoms with Crippen LogP contribution in [-0.2, 0) is 11.3 Å². The molecule has 1 aromatic carbocycles. The van der Waals surface area contributed by atoms with Gasteiger partial charge in [0.05, 0.1) is 11.9 Å². The lowest BCUT2D eigenvalue weighted by atomic mass is 10.0. The minimum Gasteiger partial charge on any atom is -0.355 e. The van der Waals surface area contributed by atoms with Gasteiger partial charge < -0.3 is 5.32 Å². The van der Waals surface area contributed by atoms with E-state index < -0.39 is 0 Å². The summed E-state index contributed by atoms with van der Waals surface area (Å²) >= 11 is 0. The molecule has 7 nitrogen and oxygen atoms in total. The van der Waals surface area contributed by atoms with Gasteiger partial charge >= 0.3 is 0 Å². The van der Waals surface area contributed by atoms with E-state index in [1.807, 2.05) is 12.1 Å². The number of hydrogen-bond donors (Lipinski definition) is 1. The Bertz CT molecular complexity index is 1020. The smallest absolute Gasteiger partial charge is 0.264 e. The highest BCUT2D eigenvalue weighted by atomic mass is 16.2. The first kappa shape index (κ1) is 19.8. The topological polar surface area (TPSA) is 81.8 Å². The minimum absolute atomic E-state index is 0.0475. The van der Waals surface area contributed by atoms with Crippen molar-refractivity contribution in [2.24, 2.45) is 5.92 Å². The Morgan fingerprint density at radius 3 is 2.50 bits per heavy atom. The second-order valence-corrected chi connectivity index (χ2v) is 7.75. The first-order valence-electron chi connectivity index (χ1n) is 9.67. The van der Waals surface area contributed by atoms with Crippen LogP contribution in [0.1, 0.15) is 45.6 Å². The molecule has 3 aromatic rings. The standard InChI is InChI=1S/C21H27N5O2/c1-14(2)9-10-22-19(27)12-25-13-23-20-18(21(25)28)11-24-26(20)17-7-5-16(6-8-17)15(3)4/h5-8,11,13-15H,9-10,12H2,1-4H3,(H,22,27). The molecule has 3 rings (SSSR count). The van der Waals surface area contributed by atoms with Gasteiger partial charge in [-0.05, 0) is 36.0 Å². The number of aromatic nitrogens is 4. The van der Waals surface area contributed by atoms with Gasteiger partial charge in [-0.1, -0.05) is 39.8 Å². The van der Waals surface area contributed by atoms with E-state index in [4.69, 9.17) is 0 Å². The Morgan fingerprint density at radius 2 is 1.86 bits per heavy atom. The van der Waals surface area contributed by atoms with Gasteiger partial charge in [0, 0.05) is 6.54 Å². The van der Waals surface area contributed by atoms with E-state index in [1.165, 1.54) is 22.7 Å². The maximum atomic E-state index is 12.7. The summed E-state index contributed by atoms with van der Waals surface area (Å²) in [4.78, 5) is 29.2. The zero-order chi connectivity index (χ0) is 20.3. The SMILES string of the molecule is CC(C)CCNC(=O)Cn1cnc2c(cnn2-c2ccc(C(C)C)cc2)c1=O. The van der Waals surface area contributed by atoms with E-state index in [9.17, 15) is 9.59 Å². The van der Waals surface area contributed by atoms with Crippen molar-refractivity contribution >= 4 is 16.9 Å². The third-order valence-corrected chi connectivity index (χ3v) is 4.72. The molecule has 0 saturated heterocycles. The summed E-state index contributed by atoms with van der Waals surface area (Å²) in [5, 5.41) is 7.56. The average molecular weight is 381 g/mol. The number of benzene rings is 1. The quantitative estimate of drug-likeness (QED) is 0.682. The molecule has 0 aliphatic carbocycles. The van der Waals surface area contributed by atoms with E-state index in [0.29, 0.717) is 29.4 Å². The van der Waals surface area contributed by atoms with Crippen LogP contribution in [0.2, 0.25) is 0 Å². The summed E-state index contributed by atoms with van der Waals surface area (Å²) in [5.41, 5.74) is 2.29. The molecular formula is C21H27N5O2. The molecule has 0 fully saturated rings. The summed E-state index contributed by atoms with van der Waals surface area (Å²) in [6.45, 7) is 9.03. The number of nitrogens with zero attached hydrogens (tertiary/aromatic N) is 4. The monoisotopic (exact) mass is 381 g/mol. The number of rotatable bonds is 7. The van der Waals surface area contributed by atoms with Crippen LogP contribution < -0.4 is 10.9 Å². The molecule has 0 bridgehead atoms. The van der Waals surface area contributed by atoms with Crippen molar-refractivity contribution in [3.05, 3.63) is 52.7 Å². The maximum absolute atomic E-state index is 12.7. The average Bonchev–Trinajstić information content (AvgIpc) is 3.08. The van der Waals surface area contributed by atoms with E-state index in [2.05, 4.69) is 55.2 Å². The highest BCUT2D eigenvalue weighted by molar-refractivity contribution is 5.77. The van der Waals surface area contributed by atoms with E-state index in [1.54, 1.807) is 4.68 Å². The number of nitrogens with one attached hydrogen (secondary N) is 1. The molecule has 0 saturated carbocycles. The highest BCUT2D eigenvalue weighted by Crippen LogP contribution is 2.18. The van der Waals surface area contributed by atoms with Crippen LogP contribution in [-0.4, -0.2) is 31.8 Å². The Kier molecular flexibility index (Phi) is 5.92. The van der Waals surface area contributed by atoms with Crippen LogP contribution in [0.3, 0.4) is 0 Å². The zero-order valence-corrected chi connectivity index (χ0v) is 16.8. The molecule has 0 aliphatic heterocycles. The summed E-state index contributed by atoms with van der Waals surface area (Å²) in [6.07, 6.45) is 3.82. The number of amides is 1. The molecule has 7 heteroatoms. The Balaban J connectivity index is 1.82. The largest absolute Gasteiger partial charge is 0.355 e. The summed E-state index contributed by atoms with van der Waals surface area (Å²) in [6, 6.07) is 8.04. The first-order valence-corrected chi connectivity index (χ1v) is 9.67. The molecule has 1 N–H and O–H groups in total. The molecule has 2 heterocycles. The predicted octanol–water partition coefficient (Wildman–Crippen LogP) is 2.87. The van der Waals surface area contributed by atoms with Crippen molar-refractivity contribution in [1.82, 2.24) is 24.6 Å². The van der Waals surface area contributed by atoms with Crippen molar-refractivity contribution in [2.45, 2.75) is 46.6 Å². The second-order valence-electron chi connectivity index (χ2n) is 7.75. The second kappa shape index (κ2) is 8.37. The van der Waals surface area contributed by atoms with Crippen molar-refractivity contribution in [1.29, 1.82) is 0 Å². The fraction of sp³-hybridized carbons (Fsp3) is 0.429. The highest BCUT2D eigenvalue weighted by Gasteiger charge is 2.13. The lowest BCUT2D eigenvalue weighted by Gasteiger charge is -2.09. The van der Waals surface area contributed by atoms with Crippen molar-refractivity contribution < 1.29 is 4.79 Å². The summed E-state index contributed by atoms with van der Waals surface area (Å²) in [5.74, 6) is 0.766. The fourth-order valence-electron chi connectivity index (χ4n) is 2.96. The van der Waals surface area contributed by atoms with Crippen molar-refractivity contribution in [3.8, 4) is 5.69 Å². The van der Waals surface area contributed by atoms with Crippen LogP contribution in [0.5, 0.6) is 0 Å². The van der Waals surface area contributed by atoms with Gasteiger partial charge in [0.25, 0.3) is 5.56 Å². The van der Waals surface area contributed by atoms with Gasteiger partial charge in [0.2, 0.25) is 5.91 Å². The summed E-state index contributed by atoms with van der Waals surface area (Å²) < 4.78 is 2.97. The van der Waals surface area contributed by atoms with Crippen LogP contribution in [0.4, 0.5) is 0 Å². The van der Waals surface area contributed by atoms with Crippen LogP contribution in [0.15, 0.2) is 41.6 Å². The van der Waals surface area contributed by atoms with Gasteiger partial charge in [0.15, 0.2) is 5.65 Å². The van der Waals surface area contributed by atoms with Gasteiger partial charge in [-0.15, -0.1) is 0 Å². The van der Waals surface area contributed by atoms with Crippen molar-refractivity contribution in [3.63, 3.8) is 0 Å². The van der Waals surface area contributed by atoms with Gasteiger partial charge in [-0.2, -0.15) is 5.10 Å². The molecule has 0 radical (unpaired) electrons. The molecule has 0 atom stereocenters. The molecular weight excluding hydrogens is 354 g/mol. The minimum atomic E-state index is -0.269. The Morgan fingerprint density at radius 1 is 1.14 bits per heavy atom. The number of carbonyl (C=O) groups excluding carboxylic acids is 1. The lowest BCUT2D eigenvalue weighted by molar-refractivity contribution is -0.121. The molecule has 0 unspecified atom stereocenters. The maximum Gasteiger partial charge on any atom is 0.264 e. The van der Waals surface area contributed by atoms with Gasteiger partial charge in [-0.25, -0.2) is 9.67 Å². The lowest BCUT2D eigenvalue weighted by Crippen LogP contribution is -2.33. The molecule has 28 heavy (non-hydrogen) atoms. The third-order valence-electron chi connectivity index (χ3n) is 4.72. The van der Waals surface area contributed by atoms with E-state index in [0.717, 1.165) is 12.1 Å². The Labute approximate surface area is 164 Å². The van der Waals surface area contributed by atoms with Crippen molar-refractivity contribution in [2.75, 3.05) is 6.54 Å². The summed E-state index contributed by atoms with van der Waals surface area (Å²) in [7, 11) is 0. The van der Waals surface area contributed by atoms with E-state index in [-0.39, 0.29) is 18.0 Å². The first-order chi connectivity index (χ1) is 13.4. The van der Waals surface area contributed by atoms with E-state index >= 15 is 0 Å². The number of hydrogen-bond acceptors (Lipinski definition) is 4. The fourth-order valence-corrected chi connectivity index (χ4v) is 2.96. The molecule has 0 aliphatic rings. The van der Waals surface area contributed by atoms with Crippen LogP contribution >= 0.6 is 0 Å². The van der Waals surface area contributed by atoms with Crippen LogP contribution in [0.25, 0.3) is 16.7 Å². The predicted molar refractivity (Wildman–Crippen MR) is 110 cm³/mol. The Hall–Kier alpha value is -2.96. The number of fused-ring (bicyclic) bond motifs is 1. The molecule has 1 amide bonds. The van der Waals surface area contributed by atoms with Crippen LogP contribution in [0, 0.1) is 5.92 Å². The molecule has 2 aromatic heterocycles. The zero-order valence-electron chi connectivity index (χ0n) is 16.8.